The number of ether oxygens (including phenoxy) is 1. The molecule has 7 heteroatoms. The number of aliphatic carboxylic acids is 1. The predicted molar refractivity (Wildman–Crippen MR) is 103 cm³/mol. The number of nitrogens with zero attached hydrogens (tertiary/aromatic N) is 1. The number of hydrogen-bond donors (Lipinski definition) is 2. The van der Waals surface area contributed by atoms with Crippen LogP contribution in [0.2, 0.25) is 0 Å². The first-order valence-corrected chi connectivity index (χ1v) is 9.37. The van der Waals surface area contributed by atoms with E-state index in [-0.39, 0.29) is 25.4 Å². The number of aromatic amines is 1. The summed E-state index contributed by atoms with van der Waals surface area (Å²) in [5.41, 5.74) is 3.01. The normalized spacial score (nSPS) is 17.3. The molecule has 0 radical (unpaired) electrons. The van der Waals surface area contributed by atoms with Crippen molar-refractivity contribution >= 4 is 28.7 Å². The molecule has 1 amide bonds. The molecule has 1 aromatic heterocycles. The van der Waals surface area contributed by atoms with E-state index < -0.39 is 17.9 Å². The smallest absolute Gasteiger partial charge is 0.335 e. The molecule has 148 valence electrons. The number of carbonyl (C=O) groups is 3. The Bertz CT molecular complexity index is 943. The molecule has 0 saturated carbocycles. The van der Waals surface area contributed by atoms with Crippen molar-refractivity contribution in [3.05, 3.63) is 47.3 Å². The molecule has 1 aliphatic heterocycles. The summed E-state index contributed by atoms with van der Waals surface area (Å²) in [6, 6.07) is 7.90. The van der Waals surface area contributed by atoms with Gasteiger partial charge in [0, 0.05) is 29.3 Å². The molecule has 0 aliphatic carbocycles. The number of carbonyl (C=O) groups excluding carboxylic acids is 2. The number of rotatable bonds is 7. The summed E-state index contributed by atoms with van der Waals surface area (Å²) in [7, 11) is 0. The Hall–Kier alpha value is -3.09. The zero-order chi connectivity index (χ0) is 20.3. The summed E-state index contributed by atoms with van der Waals surface area (Å²) >= 11 is 0. The van der Waals surface area contributed by atoms with Crippen LogP contribution >= 0.6 is 0 Å². The highest BCUT2D eigenvalue weighted by molar-refractivity contribution is 5.95. The highest BCUT2D eigenvalue weighted by atomic mass is 16.5. The van der Waals surface area contributed by atoms with Crippen LogP contribution in [0, 0.1) is 5.92 Å². The summed E-state index contributed by atoms with van der Waals surface area (Å²) < 4.78 is 5.11. The van der Waals surface area contributed by atoms with Gasteiger partial charge in [-0.3, -0.25) is 9.59 Å². The number of aromatic nitrogens is 1. The Labute approximate surface area is 163 Å². The van der Waals surface area contributed by atoms with E-state index in [1.54, 1.807) is 13.8 Å². The number of para-hydroxylation sites is 1. The number of benzene rings is 1. The second-order valence-electron chi connectivity index (χ2n) is 6.88. The van der Waals surface area contributed by atoms with E-state index in [4.69, 9.17) is 9.84 Å². The van der Waals surface area contributed by atoms with Gasteiger partial charge in [-0.15, -0.1) is 0 Å². The Morgan fingerprint density at radius 3 is 2.79 bits per heavy atom. The van der Waals surface area contributed by atoms with Crippen LogP contribution in [0.15, 0.2) is 41.7 Å². The van der Waals surface area contributed by atoms with Crippen LogP contribution in [0.3, 0.4) is 0 Å². The van der Waals surface area contributed by atoms with Crippen LogP contribution in [0.25, 0.3) is 10.9 Å². The fourth-order valence-electron chi connectivity index (χ4n) is 3.70. The highest BCUT2D eigenvalue weighted by Crippen LogP contribution is 2.31. The average Bonchev–Trinajstić information content (AvgIpc) is 3.07. The molecule has 3 rings (SSSR count). The Kier molecular flexibility index (Phi) is 5.82. The Morgan fingerprint density at radius 2 is 2.07 bits per heavy atom. The number of amides is 1. The molecule has 7 nitrogen and oxygen atoms in total. The van der Waals surface area contributed by atoms with Gasteiger partial charge in [0.2, 0.25) is 5.91 Å². The zero-order valence-corrected chi connectivity index (χ0v) is 16.0. The minimum Gasteiger partial charge on any atom is -0.481 e. The monoisotopic (exact) mass is 384 g/mol. The molecule has 2 aromatic rings. The lowest BCUT2D eigenvalue weighted by Crippen LogP contribution is -2.42. The van der Waals surface area contributed by atoms with Gasteiger partial charge in [-0.2, -0.15) is 0 Å². The van der Waals surface area contributed by atoms with Crippen molar-refractivity contribution in [1.82, 2.24) is 9.88 Å². The van der Waals surface area contributed by atoms with Gasteiger partial charge in [-0.1, -0.05) is 18.2 Å². The van der Waals surface area contributed by atoms with Crippen molar-refractivity contribution in [3.8, 4) is 0 Å². The maximum atomic E-state index is 12.9. The van der Waals surface area contributed by atoms with Crippen molar-refractivity contribution in [2.45, 2.75) is 33.1 Å². The largest absolute Gasteiger partial charge is 0.481 e. The second-order valence-corrected chi connectivity index (χ2v) is 6.88. The first kappa shape index (κ1) is 19.7. The lowest BCUT2D eigenvalue weighted by molar-refractivity contribution is -0.146. The topological polar surface area (TPSA) is 99.7 Å². The Balaban J connectivity index is 1.86. The minimum atomic E-state index is -1.06. The first-order chi connectivity index (χ1) is 13.4. The summed E-state index contributed by atoms with van der Waals surface area (Å²) in [5, 5.41) is 10.2. The lowest BCUT2D eigenvalue weighted by Gasteiger charge is -2.34. The van der Waals surface area contributed by atoms with E-state index in [0.29, 0.717) is 24.2 Å². The molecule has 1 atom stereocenters. The van der Waals surface area contributed by atoms with Gasteiger partial charge in [-0.05, 0) is 38.3 Å². The lowest BCUT2D eigenvalue weighted by atomic mass is 9.89. The predicted octanol–water partition coefficient (Wildman–Crippen LogP) is 2.87. The molecule has 1 aliphatic rings. The van der Waals surface area contributed by atoms with Gasteiger partial charge < -0.3 is 19.7 Å². The van der Waals surface area contributed by atoms with Crippen LogP contribution in [0.4, 0.5) is 0 Å². The second kappa shape index (κ2) is 8.29. The standard InChI is InChI=1S/C21H24N2O5/c1-3-28-21(27)17-10-15(11-19(24)25)20(26)23(13(17)2)9-8-14-12-22-18-7-5-4-6-16(14)18/h4-7,12,15,22H,3,8-11H2,1-2H3,(H,24,25). The molecular formula is C21H24N2O5. The molecule has 0 fully saturated rings. The van der Waals surface area contributed by atoms with Gasteiger partial charge in [-0.25, -0.2) is 4.79 Å². The van der Waals surface area contributed by atoms with E-state index >= 15 is 0 Å². The van der Waals surface area contributed by atoms with Gasteiger partial charge in [0.05, 0.1) is 24.5 Å². The quantitative estimate of drug-likeness (QED) is 0.715. The third-order valence-corrected chi connectivity index (χ3v) is 5.13. The summed E-state index contributed by atoms with van der Waals surface area (Å²) in [6.45, 7) is 4.02. The number of esters is 1. The molecule has 2 N–H and O–H groups in total. The van der Waals surface area contributed by atoms with Gasteiger partial charge in [0.15, 0.2) is 0 Å². The van der Waals surface area contributed by atoms with Crippen molar-refractivity contribution in [2.75, 3.05) is 13.2 Å². The molecule has 0 bridgehead atoms. The van der Waals surface area contributed by atoms with Crippen LogP contribution in [0.1, 0.15) is 32.3 Å². The molecular weight excluding hydrogens is 360 g/mol. The van der Waals surface area contributed by atoms with E-state index in [0.717, 1.165) is 16.5 Å². The number of hydrogen-bond acceptors (Lipinski definition) is 4. The summed E-state index contributed by atoms with van der Waals surface area (Å²) in [4.78, 5) is 41.1. The van der Waals surface area contributed by atoms with Crippen LogP contribution < -0.4 is 0 Å². The van der Waals surface area contributed by atoms with Gasteiger partial charge in [0.1, 0.15) is 0 Å². The van der Waals surface area contributed by atoms with Crippen molar-refractivity contribution in [3.63, 3.8) is 0 Å². The van der Waals surface area contributed by atoms with Crippen LogP contribution in [-0.4, -0.2) is 46.0 Å². The fraction of sp³-hybridized carbons (Fsp3) is 0.381. The van der Waals surface area contributed by atoms with E-state index in [2.05, 4.69) is 4.98 Å². The van der Waals surface area contributed by atoms with Crippen molar-refractivity contribution in [1.29, 1.82) is 0 Å². The third kappa shape index (κ3) is 3.93. The number of fused-ring (bicyclic) bond motifs is 1. The van der Waals surface area contributed by atoms with Crippen LogP contribution in [0.5, 0.6) is 0 Å². The first-order valence-electron chi connectivity index (χ1n) is 9.37. The SMILES string of the molecule is CCOC(=O)C1=C(C)N(CCc2c[nH]c3ccccc23)C(=O)C(CC(=O)O)C1. The van der Waals surface area contributed by atoms with E-state index in [1.807, 2.05) is 30.5 Å². The average molecular weight is 384 g/mol. The van der Waals surface area contributed by atoms with Crippen LogP contribution in [-0.2, 0) is 25.5 Å². The third-order valence-electron chi connectivity index (χ3n) is 5.13. The summed E-state index contributed by atoms with van der Waals surface area (Å²) in [6.07, 6.45) is 2.29. The Morgan fingerprint density at radius 1 is 1.32 bits per heavy atom. The van der Waals surface area contributed by atoms with Crippen molar-refractivity contribution in [2.24, 2.45) is 5.92 Å². The van der Waals surface area contributed by atoms with Gasteiger partial charge >= 0.3 is 11.9 Å². The molecule has 28 heavy (non-hydrogen) atoms. The fourth-order valence-corrected chi connectivity index (χ4v) is 3.70. The highest BCUT2D eigenvalue weighted by Gasteiger charge is 2.36. The number of carboxylic acid groups (broad SMARTS) is 1. The molecule has 1 unspecified atom stereocenters. The molecule has 0 saturated heterocycles. The van der Waals surface area contributed by atoms with Gasteiger partial charge in [0.25, 0.3) is 0 Å². The number of nitrogens with one attached hydrogen (secondary N) is 1. The minimum absolute atomic E-state index is 0.0966. The molecule has 2 heterocycles. The number of allylic oxidation sites excluding steroid dienone is 1. The number of carboxylic acids is 1. The maximum Gasteiger partial charge on any atom is 0.335 e. The van der Waals surface area contributed by atoms with E-state index in [1.165, 1.54) is 4.90 Å². The molecule has 1 aromatic carbocycles. The maximum absolute atomic E-state index is 12.9. The number of H-pyrrole nitrogens is 1. The van der Waals surface area contributed by atoms with E-state index in [9.17, 15) is 14.4 Å². The molecule has 0 spiro atoms. The zero-order valence-electron chi connectivity index (χ0n) is 16.0. The summed E-state index contributed by atoms with van der Waals surface area (Å²) in [5.74, 6) is -2.56. The van der Waals surface area contributed by atoms with Crippen molar-refractivity contribution < 1.29 is 24.2 Å².